The molecule has 0 aliphatic carbocycles. The van der Waals surface area contributed by atoms with E-state index in [4.69, 9.17) is 9.47 Å². The number of carbonyl (C=O) groups is 2. The van der Waals surface area contributed by atoms with Crippen molar-refractivity contribution in [3.05, 3.63) is 207 Å². The van der Waals surface area contributed by atoms with E-state index in [-0.39, 0.29) is 25.2 Å². The zero-order chi connectivity index (χ0) is 64.7. The predicted molar refractivity (Wildman–Crippen MR) is 398 cm³/mol. The lowest BCUT2D eigenvalue weighted by Gasteiger charge is -2.15. The van der Waals surface area contributed by atoms with Gasteiger partial charge in [-0.25, -0.2) is 0 Å². The summed E-state index contributed by atoms with van der Waals surface area (Å²) in [6.45, 7) is 3.91. The van der Waals surface area contributed by atoms with Gasteiger partial charge in [0, 0.05) is 12.8 Å². The molecule has 0 spiro atoms. The molecule has 0 bridgehead atoms. The first kappa shape index (κ1) is 84.5. The van der Waals surface area contributed by atoms with Gasteiger partial charge in [0.25, 0.3) is 0 Å². The van der Waals surface area contributed by atoms with Gasteiger partial charge in [-0.2, -0.15) is 0 Å². The third-order valence-electron chi connectivity index (χ3n) is 15.1. The molecule has 1 atom stereocenters. The van der Waals surface area contributed by atoms with Crippen molar-refractivity contribution in [2.75, 3.05) is 13.2 Å². The van der Waals surface area contributed by atoms with Gasteiger partial charge in [0.2, 0.25) is 0 Å². The van der Waals surface area contributed by atoms with Gasteiger partial charge >= 0.3 is 11.9 Å². The van der Waals surface area contributed by atoms with Gasteiger partial charge in [-0.15, -0.1) is 0 Å². The molecular weight excluding hydrogens is 1100 g/mol. The number of hydrogen-bond donors (Lipinski definition) is 1. The molecule has 0 radical (unpaired) electrons. The van der Waals surface area contributed by atoms with Crippen molar-refractivity contribution in [1.29, 1.82) is 0 Å². The number of carbonyl (C=O) groups excluding carboxylic acids is 2. The van der Waals surface area contributed by atoms with Crippen LogP contribution in [0.4, 0.5) is 0 Å². The summed E-state index contributed by atoms with van der Waals surface area (Å²) in [5.41, 5.74) is 0. The number of aliphatic hydroxyl groups excluding tert-OH is 1. The van der Waals surface area contributed by atoms with E-state index in [0.717, 1.165) is 154 Å². The lowest BCUT2D eigenvalue weighted by Crippen LogP contribution is -2.28. The largest absolute Gasteiger partial charge is 0.462 e. The van der Waals surface area contributed by atoms with Crippen LogP contribution in [0.15, 0.2) is 207 Å². The Bertz CT molecular complexity index is 2090. The second kappa shape index (κ2) is 77.7. The van der Waals surface area contributed by atoms with Crippen LogP contribution in [0.2, 0.25) is 0 Å². The normalized spacial score (nSPS) is 13.5. The molecule has 0 aromatic heterocycles. The minimum Gasteiger partial charge on any atom is -0.462 e. The average molecular weight is 1240 g/mol. The van der Waals surface area contributed by atoms with Gasteiger partial charge in [-0.3, -0.25) is 9.59 Å². The Labute approximate surface area is 555 Å². The van der Waals surface area contributed by atoms with Crippen LogP contribution in [0.3, 0.4) is 0 Å². The summed E-state index contributed by atoms with van der Waals surface area (Å²) in [6, 6.07) is 0. The van der Waals surface area contributed by atoms with Crippen molar-refractivity contribution in [2.24, 2.45) is 0 Å². The van der Waals surface area contributed by atoms with Crippen LogP contribution in [-0.4, -0.2) is 36.4 Å². The number of hydrogen-bond acceptors (Lipinski definition) is 5. The highest BCUT2D eigenvalue weighted by Gasteiger charge is 2.16. The van der Waals surface area contributed by atoms with Gasteiger partial charge in [0.15, 0.2) is 6.10 Å². The van der Waals surface area contributed by atoms with Crippen molar-refractivity contribution in [3.63, 3.8) is 0 Å². The van der Waals surface area contributed by atoms with E-state index in [9.17, 15) is 14.7 Å². The van der Waals surface area contributed by atoms with Gasteiger partial charge in [0.05, 0.1) is 6.61 Å². The highest BCUT2D eigenvalue weighted by molar-refractivity contribution is 5.70. The highest BCUT2D eigenvalue weighted by atomic mass is 16.6. The molecule has 0 fully saturated rings. The topological polar surface area (TPSA) is 72.8 Å². The summed E-state index contributed by atoms with van der Waals surface area (Å²) in [5, 5.41) is 9.72. The van der Waals surface area contributed by atoms with Crippen LogP contribution in [0.25, 0.3) is 0 Å². The molecule has 1 N–H and O–H groups in total. The number of aliphatic hydroxyl groups is 1. The average Bonchev–Trinajstić information content (AvgIpc) is 3.62. The van der Waals surface area contributed by atoms with Gasteiger partial charge < -0.3 is 14.6 Å². The molecule has 0 amide bonds. The highest BCUT2D eigenvalue weighted by Crippen LogP contribution is 2.16. The molecule has 5 heteroatoms. The predicted octanol–water partition coefficient (Wildman–Crippen LogP) is 26.1. The van der Waals surface area contributed by atoms with Crippen LogP contribution in [-0.2, 0) is 19.1 Å². The summed E-state index contributed by atoms with van der Waals surface area (Å²) in [7, 11) is 0. The van der Waals surface area contributed by atoms with Crippen molar-refractivity contribution in [2.45, 2.75) is 302 Å². The molecule has 5 nitrogen and oxygen atoms in total. The summed E-state index contributed by atoms with van der Waals surface area (Å²) in [6.07, 6.45) is 124. The number of unbranched alkanes of at least 4 members (excludes halogenated alkanes) is 23. The Balaban J connectivity index is 3.57. The summed E-state index contributed by atoms with van der Waals surface area (Å²) >= 11 is 0. The van der Waals surface area contributed by atoms with Gasteiger partial charge in [-0.1, -0.05) is 342 Å². The second-order valence-corrected chi connectivity index (χ2v) is 23.6. The maximum absolute atomic E-state index is 12.4. The Morgan fingerprint density at radius 3 is 0.667 bits per heavy atom. The standard InChI is InChI=1S/C85H134O5/c1-3-5-7-9-11-13-15-17-19-21-23-25-27-29-31-33-35-37-39-41-42-44-45-47-49-51-53-55-57-59-61-63-65-67-69-71-73-75-77-79-84(87)89-82-83(81-86)90-85(88)80-78-76-74-72-70-68-66-64-62-60-58-56-54-52-50-48-46-43-40-38-36-34-32-30-28-26-24-22-20-18-16-14-12-10-8-6-4-2/h5-8,11-14,17-20,23-26,29-32,35-38,41-43,45-47,50,52,56,58,83,86H,3-4,9-10,15-16,21-22,27-28,33-34,39-40,44,48-49,51,53-55,57,59-82H2,1-2H3/b7-5-,8-6-,13-11-,14-12-,19-17-,20-18-,25-23-,26-24-,31-29-,32-30-,37-35-,38-36-,42-41-,46-43-,47-45-,52-50-,58-56-. The maximum atomic E-state index is 12.4. The Kier molecular flexibility index (Phi) is 73.0. The fraction of sp³-hybridized carbons (Fsp3) is 0.576. The van der Waals surface area contributed by atoms with Crippen molar-refractivity contribution in [1.82, 2.24) is 0 Å². The van der Waals surface area contributed by atoms with E-state index >= 15 is 0 Å². The zero-order valence-corrected chi connectivity index (χ0v) is 57.8. The van der Waals surface area contributed by atoms with E-state index in [0.29, 0.717) is 12.8 Å². The maximum Gasteiger partial charge on any atom is 0.306 e. The van der Waals surface area contributed by atoms with Crippen LogP contribution in [0, 0.1) is 0 Å². The molecule has 0 aromatic rings. The number of ether oxygens (including phenoxy) is 2. The zero-order valence-electron chi connectivity index (χ0n) is 57.8. The van der Waals surface area contributed by atoms with Crippen LogP contribution in [0.5, 0.6) is 0 Å². The first-order chi connectivity index (χ1) is 44.6. The fourth-order valence-corrected chi connectivity index (χ4v) is 9.68. The first-order valence-corrected chi connectivity index (χ1v) is 36.6. The van der Waals surface area contributed by atoms with E-state index < -0.39 is 6.10 Å². The lowest BCUT2D eigenvalue weighted by molar-refractivity contribution is -0.161. The van der Waals surface area contributed by atoms with E-state index in [1.807, 2.05) is 0 Å². The van der Waals surface area contributed by atoms with Crippen LogP contribution < -0.4 is 0 Å². The molecule has 0 aliphatic rings. The molecule has 0 rings (SSSR count). The first-order valence-electron chi connectivity index (χ1n) is 36.6. The number of allylic oxidation sites excluding steroid dienone is 34. The molecule has 504 valence electrons. The molecule has 90 heavy (non-hydrogen) atoms. The summed E-state index contributed by atoms with van der Waals surface area (Å²) < 4.78 is 10.8. The molecular formula is C85H134O5. The SMILES string of the molecule is CC/C=C\C/C=C\C/C=C\C/C=C\C/C=C\C/C=C\C/C=C\C/C=C\C/C=C\CCCCCCCCCCCC(=O)OC(CO)COC(=O)CCCCCCCCCCCCCCCC/C=C\C/C=C\C/C=C\C/C=C\C/C=C\C/C=C\C/C=C\C/C=C\CC. The van der Waals surface area contributed by atoms with Gasteiger partial charge in [0.1, 0.15) is 6.61 Å². The lowest BCUT2D eigenvalue weighted by atomic mass is 10.0. The van der Waals surface area contributed by atoms with Crippen molar-refractivity contribution >= 4 is 11.9 Å². The number of esters is 2. The molecule has 0 saturated carbocycles. The molecule has 1 unspecified atom stereocenters. The quantitative estimate of drug-likeness (QED) is 0.0373. The molecule has 0 saturated heterocycles. The summed E-state index contributed by atoms with van der Waals surface area (Å²) in [5.74, 6) is -0.605. The third kappa shape index (κ3) is 74.9. The van der Waals surface area contributed by atoms with Crippen LogP contribution in [0.1, 0.15) is 296 Å². The smallest absolute Gasteiger partial charge is 0.306 e. The van der Waals surface area contributed by atoms with Crippen molar-refractivity contribution < 1.29 is 24.2 Å². The minimum absolute atomic E-state index is 0.0790. The fourth-order valence-electron chi connectivity index (χ4n) is 9.68. The van der Waals surface area contributed by atoms with Gasteiger partial charge in [-0.05, 0) is 148 Å². The Morgan fingerprint density at radius 1 is 0.256 bits per heavy atom. The van der Waals surface area contributed by atoms with Crippen molar-refractivity contribution in [3.8, 4) is 0 Å². The Morgan fingerprint density at radius 2 is 0.444 bits per heavy atom. The minimum atomic E-state index is -0.791. The molecule has 0 heterocycles. The second-order valence-electron chi connectivity index (χ2n) is 23.6. The van der Waals surface area contributed by atoms with Crippen LogP contribution >= 0.6 is 0 Å². The monoisotopic (exact) mass is 1240 g/mol. The third-order valence-corrected chi connectivity index (χ3v) is 15.1. The number of rotatable bonds is 65. The van der Waals surface area contributed by atoms with E-state index in [2.05, 4.69) is 220 Å². The Hall–Kier alpha value is -5.52. The van der Waals surface area contributed by atoms with E-state index in [1.54, 1.807) is 0 Å². The molecule has 0 aliphatic heterocycles. The molecule has 0 aromatic carbocycles. The van der Waals surface area contributed by atoms with E-state index in [1.165, 1.54) is 116 Å². The summed E-state index contributed by atoms with van der Waals surface area (Å²) in [4.78, 5) is 24.7.